The molecule has 0 radical (unpaired) electrons. The van der Waals surface area contributed by atoms with Crippen molar-refractivity contribution in [2.45, 2.75) is 78.9 Å². The van der Waals surface area contributed by atoms with Crippen molar-refractivity contribution in [3.63, 3.8) is 0 Å². The number of rotatable bonds is 7. The van der Waals surface area contributed by atoms with Crippen LogP contribution in [0.15, 0.2) is 12.7 Å². The van der Waals surface area contributed by atoms with E-state index in [0.717, 1.165) is 25.9 Å². The normalized spacial score (nSPS) is 27.4. The van der Waals surface area contributed by atoms with Gasteiger partial charge in [0.15, 0.2) is 8.32 Å². The largest absolute Gasteiger partial charge is 0.417 e. The molecule has 0 aromatic rings. The van der Waals surface area contributed by atoms with Gasteiger partial charge in [0.25, 0.3) is 0 Å². The van der Waals surface area contributed by atoms with E-state index >= 15 is 0 Å². The van der Waals surface area contributed by atoms with Crippen LogP contribution in [-0.4, -0.2) is 20.7 Å². The Balaban J connectivity index is 2.92. The second-order valence-electron chi connectivity index (χ2n) is 9.73. The molecule has 0 unspecified atom stereocenters. The summed E-state index contributed by atoms with van der Waals surface area (Å²) in [5, 5.41) is 0.241. The fourth-order valence-corrected chi connectivity index (χ4v) is 4.71. The molecule has 3 heteroatoms. The summed E-state index contributed by atoms with van der Waals surface area (Å²) in [6, 6.07) is 0. The molecular formula is C21H40O2Si. The van der Waals surface area contributed by atoms with Crippen LogP contribution in [0.1, 0.15) is 60.8 Å². The molecule has 0 amide bonds. The van der Waals surface area contributed by atoms with Crippen LogP contribution in [0.5, 0.6) is 0 Å². The molecule has 0 aliphatic heterocycles. The van der Waals surface area contributed by atoms with Gasteiger partial charge in [-0.3, -0.25) is 4.79 Å². The van der Waals surface area contributed by atoms with Crippen LogP contribution in [0.25, 0.3) is 0 Å². The molecule has 0 aromatic carbocycles. The first-order valence-corrected chi connectivity index (χ1v) is 12.6. The minimum atomic E-state index is -1.74. The molecule has 0 heterocycles. The average molecular weight is 353 g/mol. The molecule has 0 bridgehead atoms. The van der Waals surface area contributed by atoms with Gasteiger partial charge >= 0.3 is 0 Å². The Morgan fingerprint density at radius 3 is 2.38 bits per heavy atom. The molecule has 1 saturated carbocycles. The van der Waals surface area contributed by atoms with Crippen molar-refractivity contribution in [1.82, 2.24) is 0 Å². The summed E-state index contributed by atoms with van der Waals surface area (Å²) in [7, 11) is -1.74. The van der Waals surface area contributed by atoms with E-state index in [-0.39, 0.29) is 11.0 Å². The highest BCUT2D eigenvalue weighted by Crippen LogP contribution is 2.43. The fraction of sp³-hybridized carbons (Fsp3) is 0.857. The predicted octanol–water partition coefficient (Wildman–Crippen LogP) is 6.09. The second kappa shape index (κ2) is 8.31. The van der Waals surface area contributed by atoms with Crippen LogP contribution < -0.4 is 0 Å². The van der Waals surface area contributed by atoms with Gasteiger partial charge in [-0.1, -0.05) is 47.6 Å². The van der Waals surface area contributed by atoms with Gasteiger partial charge in [-0.25, -0.2) is 0 Å². The fourth-order valence-electron chi connectivity index (χ4n) is 3.67. The molecule has 2 nitrogen and oxygen atoms in total. The van der Waals surface area contributed by atoms with Crippen LogP contribution in [-0.2, 0) is 9.22 Å². The summed E-state index contributed by atoms with van der Waals surface area (Å²) in [5.74, 6) is 2.75. The maximum absolute atomic E-state index is 12.2. The number of Topliss-reactive ketones (excluding diaryl/α,β-unsaturated/α-hetero) is 1. The third-order valence-electron chi connectivity index (χ3n) is 6.56. The van der Waals surface area contributed by atoms with Crippen molar-refractivity contribution >= 4 is 14.1 Å². The van der Waals surface area contributed by atoms with Crippen LogP contribution in [0.3, 0.4) is 0 Å². The van der Waals surface area contributed by atoms with E-state index in [0.29, 0.717) is 29.5 Å². The maximum Gasteiger partial charge on any atom is 0.191 e. The summed E-state index contributed by atoms with van der Waals surface area (Å²) in [6.07, 6.45) is 4.68. The van der Waals surface area contributed by atoms with E-state index in [1.54, 1.807) is 0 Å². The molecule has 140 valence electrons. The van der Waals surface area contributed by atoms with Crippen LogP contribution in [0, 0.1) is 29.6 Å². The first-order chi connectivity index (χ1) is 10.9. The summed E-state index contributed by atoms with van der Waals surface area (Å²) in [5.41, 5.74) is 0. The minimum Gasteiger partial charge on any atom is -0.417 e. The van der Waals surface area contributed by atoms with E-state index in [4.69, 9.17) is 4.43 Å². The number of ketones is 1. The average Bonchev–Trinajstić information content (AvgIpc) is 2.42. The lowest BCUT2D eigenvalue weighted by Gasteiger charge is -2.43. The van der Waals surface area contributed by atoms with Gasteiger partial charge in [-0.2, -0.15) is 0 Å². The first-order valence-electron chi connectivity index (χ1n) is 9.68. The Labute approximate surface area is 151 Å². The topological polar surface area (TPSA) is 26.3 Å². The van der Waals surface area contributed by atoms with Gasteiger partial charge in [-0.05, 0) is 54.6 Å². The van der Waals surface area contributed by atoms with Gasteiger partial charge in [0, 0.05) is 18.9 Å². The molecule has 1 aliphatic carbocycles. The van der Waals surface area contributed by atoms with Crippen LogP contribution in [0.2, 0.25) is 18.1 Å². The van der Waals surface area contributed by atoms with Gasteiger partial charge in [0.2, 0.25) is 0 Å². The lowest BCUT2D eigenvalue weighted by atomic mass is 9.65. The Kier molecular flexibility index (Phi) is 7.49. The molecule has 1 rings (SSSR count). The highest BCUT2D eigenvalue weighted by Gasteiger charge is 2.41. The number of hydrogen-bond donors (Lipinski definition) is 0. The number of allylic oxidation sites excluding steroid dienone is 1. The molecule has 1 aliphatic rings. The number of carbonyl (C=O) groups excluding carboxylic acids is 1. The van der Waals surface area contributed by atoms with Crippen molar-refractivity contribution in [2.24, 2.45) is 29.6 Å². The lowest BCUT2D eigenvalue weighted by molar-refractivity contribution is -0.128. The monoisotopic (exact) mass is 352 g/mol. The van der Waals surface area contributed by atoms with Gasteiger partial charge in [0.05, 0.1) is 0 Å². The second-order valence-corrected chi connectivity index (χ2v) is 14.5. The van der Waals surface area contributed by atoms with Crippen molar-refractivity contribution in [2.75, 3.05) is 6.61 Å². The van der Waals surface area contributed by atoms with Gasteiger partial charge < -0.3 is 4.43 Å². The number of hydrogen-bond acceptors (Lipinski definition) is 2. The molecule has 0 N–H and O–H groups in total. The zero-order chi connectivity index (χ0) is 18.7. The first kappa shape index (κ1) is 21.6. The molecule has 24 heavy (non-hydrogen) atoms. The molecular weight excluding hydrogens is 312 g/mol. The smallest absolute Gasteiger partial charge is 0.191 e. The van der Waals surface area contributed by atoms with E-state index < -0.39 is 8.32 Å². The van der Waals surface area contributed by atoms with Crippen molar-refractivity contribution in [3.05, 3.63) is 12.7 Å². The highest BCUT2D eigenvalue weighted by molar-refractivity contribution is 6.74. The van der Waals surface area contributed by atoms with Crippen LogP contribution in [0.4, 0.5) is 0 Å². The molecule has 1 fully saturated rings. The zero-order valence-corrected chi connectivity index (χ0v) is 18.3. The minimum absolute atomic E-state index is 0.199. The highest BCUT2D eigenvalue weighted by atomic mass is 28.4. The van der Waals surface area contributed by atoms with Gasteiger partial charge in [-0.15, -0.1) is 6.58 Å². The standard InChI is InChI=1S/C21H40O2Si/c1-10-11-17-13-20(22)16(4)12-18(17)19(15(2)3)14-23-24(8,9)21(5,6)7/h10,15-19H,1,11-14H2,2-9H3/t16-,17+,18+,19-/m0/s1. The van der Waals surface area contributed by atoms with E-state index in [9.17, 15) is 4.79 Å². The maximum atomic E-state index is 12.2. The summed E-state index contributed by atoms with van der Waals surface area (Å²) < 4.78 is 6.59. The van der Waals surface area contributed by atoms with Crippen molar-refractivity contribution in [1.29, 1.82) is 0 Å². The summed E-state index contributed by atoms with van der Waals surface area (Å²) >= 11 is 0. The third-order valence-corrected chi connectivity index (χ3v) is 11.1. The van der Waals surface area contributed by atoms with E-state index in [2.05, 4.69) is 61.2 Å². The van der Waals surface area contributed by atoms with Crippen molar-refractivity contribution < 1.29 is 9.22 Å². The Morgan fingerprint density at radius 1 is 1.33 bits per heavy atom. The van der Waals surface area contributed by atoms with Gasteiger partial charge in [0.1, 0.15) is 5.78 Å². The SMILES string of the molecule is C=CC[C@@H]1CC(=O)[C@@H](C)C[C@H]1[C@@H](CO[Si](C)(C)C(C)(C)C)C(C)C. The third kappa shape index (κ3) is 5.29. The Bertz CT molecular complexity index is 434. The molecule has 0 spiro atoms. The molecule has 0 saturated heterocycles. The van der Waals surface area contributed by atoms with Crippen molar-refractivity contribution in [3.8, 4) is 0 Å². The Hall–Kier alpha value is -0.413. The summed E-state index contributed by atoms with van der Waals surface area (Å²) in [6.45, 7) is 23.0. The van der Waals surface area contributed by atoms with Crippen LogP contribution >= 0.6 is 0 Å². The number of carbonyl (C=O) groups is 1. The lowest BCUT2D eigenvalue weighted by Crippen LogP contribution is -2.45. The zero-order valence-electron chi connectivity index (χ0n) is 17.3. The molecule has 0 aromatic heterocycles. The quantitative estimate of drug-likeness (QED) is 0.409. The summed E-state index contributed by atoms with van der Waals surface area (Å²) in [4.78, 5) is 12.2. The Morgan fingerprint density at radius 2 is 1.92 bits per heavy atom. The predicted molar refractivity (Wildman–Crippen MR) is 107 cm³/mol. The van der Waals surface area contributed by atoms with E-state index in [1.807, 2.05) is 6.08 Å². The molecule has 4 atom stereocenters. The van der Waals surface area contributed by atoms with E-state index in [1.165, 1.54) is 0 Å².